The number of fused-ring (bicyclic) bond motifs is 1. The van der Waals surface area contributed by atoms with E-state index in [1.54, 1.807) is 10.9 Å². The van der Waals surface area contributed by atoms with Crippen LogP contribution in [0.4, 0.5) is 0 Å². The number of carbonyl (C=O) groups excluding carboxylic acids is 1. The summed E-state index contributed by atoms with van der Waals surface area (Å²) in [5, 5.41) is 7.37. The van der Waals surface area contributed by atoms with E-state index in [0.29, 0.717) is 36.3 Å². The van der Waals surface area contributed by atoms with E-state index in [0.717, 1.165) is 11.3 Å². The van der Waals surface area contributed by atoms with Gasteiger partial charge in [-0.3, -0.25) is 4.79 Å². The van der Waals surface area contributed by atoms with E-state index in [4.69, 9.17) is 14.2 Å². The topological polar surface area (TPSA) is 74.6 Å². The van der Waals surface area contributed by atoms with Crippen molar-refractivity contribution in [2.45, 2.75) is 20.4 Å². The highest BCUT2D eigenvalue weighted by Gasteiger charge is 2.20. The van der Waals surface area contributed by atoms with Gasteiger partial charge in [0.05, 0.1) is 18.5 Å². The summed E-state index contributed by atoms with van der Waals surface area (Å²) in [6, 6.07) is 15.2. The van der Waals surface area contributed by atoms with Gasteiger partial charge in [0.1, 0.15) is 0 Å². The van der Waals surface area contributed by atoms with E-state index in [1.165, 1.54) is 0 Å². The standard InChI is InChI=1S/C22H23N3O4/c1-15(2)13-27-20-12-25(17-6-4-3-5-7-17)24-21(20)22(26)23-11-16-8-9-18-19(10-16)29-14-28-18/h3-10,12,15H,11,13-14H2,1-2H3,(H,23,26). The average Bonchev–Trinajstić information content (AvgIpc) is 3.37. The largest absolute Gasteiger partial charge is 0.489 e. The number of carbonyl (C=O) groups is 1. The van der Waals surface area contributed by atoms with Gasteiger partial charge >= 0.3 is 0 Å². The molecule has 4 rings (SSSR count). The van der Waals surface area contributed by atoms with Crippen LogP contribution in [0.2, 0.25) is 0 Å². The molecule has 2 aromatic carbocycles. The van der Waals surface area contributed by atoms with Crippen molar-refractivity contribution in [2.75, 3.05) is 13.4 Å². The number of amides is 1. The maximum atomic E-state index is 12.8. The van der Waals surface area contributed by atoms with Gasteiger partial charge in [0.15, 0.2) is 22.9 Å². The second-order valence-corrected chi connectivity index (χ2v) is 7.20. The van der Waals surface area contributed by atoms with Crippen molar-refractivity contribution >= 4 is 5.91 Å². The molecule has 0 unspecified atom stereocenters. The maximum Gasteiger partial charge on any atom is 0.275 e. The summed E-state index contributed by atoms with van der Waals surface area (Å²) in [4.78, 5) is 12.8. The van der Waals surface area contributed by atoms with Crippen molar-refractivity contribution in [3.63, 3.8) is 0 Å². The van der Waals surface area contributed by atoms with Crippen molar-refractivity contribution < 1.29 is 19.0 Å². The van der Waals surface area contributed by atoms with Crippen LogP contribution in [0.5, 0.6) is 17.2 Å². The SMILES string of the molecule is CC(C)COc1cn(-c2ccccc2)nc1C(=O)NCc1ccc2c(c1)OCO2. The number of hydrogen-bond donors (Lipinski definition) is 1. The Morgan fingerprint density at radius 2 is 1.97 bits per heavy atom. The predicted molar refractivity (Wildman–Crippen MR) is 108 cm³/mol. The molecule has 0 atom stereocenters. The summed E-state index contributed by atoms with van der Waals surface area (Å²) >= 11 is 0. The lowest BCUT2D eigenvalue weighted by Crippen LogP contribution is -2.24. The molecule has 0 aliphatic carbocycles. The third-order valence-electron chi connectivity index (χ3n) is 4.38. The van der Waals surface area contributed by atoms with Crippen molar-refractivity contribution in [3.8, 4) is 22.9 Å². The zero-order valence-corrected chi connectivity index (χ0v) is 16.4. The number of rotatable bonds is 7. The Morgan fingerprint density at radius 1 is 1.17 bits per heavy atom. The van der Waals surface area contributed by atoms with Crippen molar-refractivity contribution in [2.24, 2.45) is 5.92 Å². The number of nitrogens with one attached hydrogen (secondary N) is 1. The predicted octanol–water partition coefficient (Wildman–Crippen LogP) is 3.57. The fourth-order valence-electron chi connectivity index (χ4n) is 2.91. The van der Waals surface area contributed by atoms with Crippen molar-refractivity contribution in [3.05, 3.63) is 66.0 Å². The Morgan fingerprint density at radius 3 is 2.76 bits per heavy atom. The van der Waals surface area contributed by atoms with E-state index < -0.39 is 0 Å². The second-order valence-electron chi connectivity index (χ2n) is 7.20. The fraction of sp³-hybridized carbons (Fsp3) is 0.273. The van der Waals surface area contributed by atoms with Gasteiger partial charge in [0, 0.05) is 6.54 Å². The van der Waals surface area contributed by atoms with Crippen LogP contribution in [0.3, 0.4) is 0 Å². The molecule has 1 amide bonds. The molecule has 3 aromatic rings. The molecule has 0 spiro atoms. The number of ether oxygens (including phenoxy) is 3. The molecule has 1 aromatic heterocycles. The molecule has 0 saturated heterocycles. The first-order valence-electron chi connectivity index (χ1n) is 9.55. The monoisotopic (exact) mass is 393 g/mol. The van der Waals surface area contributed by atoms with Crippen molar-refractivity contribution in [1.82, 2.24) is 15.1 Å². The van der Waals surface area contributed by atoms with Crippen LogP contribution in [0.15, 0.2) is 54.7 Å². The molecule has 0 saturated carbocycles. The Hall–Kier alpha value is -3.48. The van der Waals surface area contributed by atoms with Gasteiger partial charge in [-0.05, 0) is 35.7 Å². The maximum absolute atomic E-state index is 12.8. The van der Waals surface area contributed by atoms with Gasteiger partial charge in [-0.15, -0.1) is 0 Å². The van der Waals surface area contributed by atoms with Crippen LogP contribution in [-0.4, -0.2) is 29.1 Å². The molecule has 150 valence electrons. The van der Waals surface area contributed by atoms with Crippen LogP contribution in [-0.2, 0) is 6.54 Å². The molecule has 0 radical (unpaired) electrons. The minimum atomic E-state index is -0.295. The molecular weight excluding hydrogens is 370 g/mol. The quantitative estimate of drug-likeness (QED) is 0.664. The average molecular weight is 393 g/mol. The summed E-state index contributed by atoms with van der Waals surface area (Å²) < 4.78 is 18.2. The van der Waals surface area contributed by atoms with Crippen LogP contribution in [0, 0.1) is 5.92 Å². The van der Waals surface area contributed by atoms with Gasteiger partial charge in [-0.2, -0.15) is 5.10 Å². The summed E-state index contributed by atoms with van der Waals surface area (Å²) in [6.07, 6.45) is 1.74. The molecule has 29 heavy (non-hydrogen) atoms. The Labute approximate surface area is 169 Å². The molecule has 7 heteroatoms. The molecular formula is C22H23N3O4. The van der Waals surface area contributed by atoms with Crippen LogP contribution < -0.4 is 19.5 Å². The molecule has 2 heterocycles. The second kappa shape index (κ2) is 8.26. The van der Waals surface area contributed by atoms with Gasteiger partial charge < -0.3 is 19.5 Å². The van der Waals surface area contributed by atoms with E-state index in [9.17, 15) is 4.79 Å². The number of benzene rings is 2. The Balaban J connectivity index is 1.52. The zero-order chi connectivity index (χ0) is 20.2. The van der Waals surface area contributed by atoms with E-state index in [2.05, 4.69) is 24.3 Å². The summed E-state index contributed by atoms with van der Waals surface area (Å²) in [7, 11) is 0. The highest BCUT2D eigenvalue weighted by Crippen LogP contribution is 2.32. The highest BCUT2D eigenvalue weighted by atomic mass is 16.7. The minimum Gasteiger partial charge on any atom is -0.489 e. The summed E-state index contributed by atoms with van der Waals surface area (Å²) in [5.74, 6) is 1.90. The minimum absolute atomic E-state index is 0.221. The lowest BCUT2D eigenvalue weighted by atomic mass is 10.2. The van der Waals surface area contributed by atoms with Crippen molar-refractivity contribution in [1.29, 1.82) is 0 Å². The third-order valence-corrected chi connectivity index (χ3v) is 4.38. The van der Waals surface area contributed by atoms with Gasteiger partial charge in [0.25, 0.3) is 5.91 Å². The Kier molecular flexibility index (Phi) is 5.37. The first kappa shape index (κ1) is 18.9. The number of para-hydroxylation sites is 1. The third kappa shape index (κ3) is 4.34. The number of hydrogen-bond acceptors (Lipinski definition) is 5. The molecule has 7 nitrogen and oxygen atoms in total. The zero-order valence-electron chi connectivity index (χ0n) is 16.4. The summed E-state index contributed by atoms with van der Waals surface area (Å²) in [6.45, 7) is 5.18. The molecule has 1 aliphatic heterocycles. The van der Waals surface area contributed by atoms with E-state index in [1.807, 2.05) is 48.5 Å². The molecule has 0 bridgehead atoms. The van der Waals surface area contributed by atoms with Gasteiger partial charge in [-0.1, -0.05) is 38.1 Å². The number of aromatic nitrogens is 2. The highest BCUT2D eigenvalue weighted by molar-refractivity contribution is 5.94. The molecule has 1 aliphatic rings. The normalized spacial score (nSPS) is 12.2. The van der Waals surface area contributed by atoms with E-state index in [-0.39, 0.29) is 18.4 Å². The van der Waals surface area contributed by atoms with Crippen LogP contribution >= 0.6 is 0 Å². The van der Waals surface area contributed by atoms with Crippen LogP contribution in [0.25, 0.3) is 5.69 Å². The first-order valence-corrected chi connectivity index (χ1v) is 9.55. The van der Waals surface area contributed by atoms with Gasteiger partial charge in [0.2, 0.25) is 6.79 Å². The van der Waals surface area contributed by atoms with E-state index >= 15 is 0 Å². The fourth-order valence-corrected chi connectivity index (χ4v) is 2.91. The Bertz CT molecular complexity index is 999. The smallest absolute Gasteiger partial charge is 0.275 e. The lowest BCUT2D eigenvalue weighted by molar-refractivity contribution is 0.0940. The lowest BCUT2D eigenvalue weighted by Gasteiger charge is -2.09. The first-order chi connectivity index (χ1) is 14.1. The number of nitrogens with zero attached hydrogens (tertiary/aromatic N) is 2. The van der Waals surface area contributed by atoms with Crippen LogP contribution in [0.1, 0.15) is 29.9 Å². The van der Waals surface area contributed by atoms with Gasteiger partial charge in [-0.25, -0.2) is 4.68 Å². The molecule has 1 N–H and O–H groups in total. The molecule has 0 fully saturated rings. The summed E-state index contributed by atoms with van der Waals surface area (Å²) in [5.41, 5.74) is 2.03.